The van der Waals surface area contributed by atoms with Gasteiger partial charge in [-0.25, -0.2) is 4.79 Å². The minimum atomic E-state index is -1.42. The highest BCUT2D eigenvalue weighted by molar-refractivity contribution is 8.16. The molecule has 112 heavy (non-hydrogen) atoms. The summed E-state index contributed by atoms with van der Waals surface area (Å²) in [6.07, 6.45) is 21.3. The van der Waals surface area contributed by atoms with Crippen LogP contribution in [-0.4, -0.2) is 193 Å². The first kappa shape index (κ1) is 101. The first-order valence-electron chi connectivity index (χ1n) is 40.4. The third-order valence-electron chi connectivity index (χ3n) is 20.6. The van der Waals surface area contributed by atoms with E-state index in [4.69, 9.17) is 27.4 Å². The number of aromatic hydroxyl groups is 1. The monoisotopic (exact) mass is 1610 g/mol. The van der Waals surface area contributed by atoms with Crippen molar-refractivity contribution in [3.63, 3.8) is 0 Å². The summed E-state index contributed by atoms with van der Waals surface area (Å²) in [4.78, 5) is 178. The van der Waals surface area contributed by atoms with Crippen molar-refractivity contribution < 1.29 is 92.7 Å². The molecule has 9 atom stereocenters. The van der Waals surface area contributed by atoms with Crippen LogP contribution in [0.2, 0.25) is 0 Å². The molecule has 2 aromatic rings. The van der Waals surface area contributed by atoms with Gasteiger partial charge in [0.1, 0.15) is 29.1 Å². The van der Waals surface area contributed by atoms with Gasteiger partial charge in [0.2, 0.25) is 23.6 Å². The first-order chi connectivity index (χ1) is 53.4. The Bertz CT molecular complexity index is 3200. The van der Waals surface area contributed by atoms with Gasteiger partial charge < -0.3 is 58.7 Å². The Hall–Kier alpha value is -7.44. The normalized spacial score (nSPS) is 16.0. The number of carboxylic acid groups (broad SMARTS) is 4. The minimum Gasteiger partial charge on any atom is -0.508 e. The number of amides is 4. The number of thioether (sulfide) groups is 2. The lowest BCUT2D eigenvalue weighted by molar-refractivity contribution is -0.145. The number of primary amides is 1. The highest BCUT2D eigenvalue weighted by Gasteiger charge is 2.38. The Labute approximate surface area is 671 Å². The van der Waals surface area contributed by atoms with Gasteiger partial charge in [0.25, 0.3) is 0 Å². The Morgan fingerprint density at radius 2 is 1.20 bits per heavy atom. The van der Waals surface area contributed by atoms with Crippen LogP contribution < -0.4 is 38.5 Å². The molecule has 1 heterocycles. The number of nitrogens with zero attached hydrogens (tertiary/aromatic N) is 1. The highest BCUT2D eigenvalue weighted by atomic mass is 32.2. The van der Waals surface area contributed by atoms with Gasteiger partial charge in [-0.15, -0.1) is 23.5 Å². The zero-order chi connectivity index (χ0) is 83.2. The zero-order valence-electron chi connectivity index (χ0n) is 66.9. The summed E-state index contributed by atoms with van der Waals surface area (Å²) < 4.78 is 0. The van der Waals surface area contributed by atoms with Gasteiger partial charge in [-0.3, -0.25) is 72.5 Å². The second-order valence-electron chi connectivity index (χ2n) is 30.3. The number of carboxylic acids is 4. The van der Waals surface area contributed by atoms with Crippen LogP contribution in [0.5, 0.6) is 5.75 Å². The number of nitrogens with two attached hydrogens (primary N) is 3. The summed E-state index contributed by atoms with van der Waals surface area (Å²) in [7, 11) is 1.53. The maximum atomic E-state index is 14.1. The number of aliphatic carboxylic acids is 4. The molecule has 0 spiro atoms. The van der Waals surface area contributed by atoms with Gasteiger partial charge in [0.15, 0.2) is 17.3 Å². The molecule has 1 fully saturated rings. The van der Waals surface area contributed by atoms with Crippen molar-refractivity contribution in [1.29, 1.82) is 0 Å². The van der Waals surface area contributed by atoms with E-state index in [9.17, 15) is 82.4 Å². The number of benzene rings is 2. The summed E-state index contributed by atoms with van der Waals surface area (Å²) in [5.74, 6) is -8.81. The number of nitrogens with one attached hydrogen (secondary N) is 4. The molecule has 4 amide bonds. The number of phenols is 1. The number of rotatable bonds is 62. The first-order valence-corrected chi connectivity index (χ1v) is 42.8. The second-order valence-corrected chi connectivity index (χ2v) is 32.7. The molecule has 0 saturated carbocycles. The molecule has 3 rings (SSSR count). The molecule has 2 aromatic carbocycles. The lowest BCUT2D eigenvalue weighted by atomic mass is 9.74. The molecule has 630 valence electrons. The van der Waals surface area contributed by atoms with E-state index in [1.807, 2.05) is 49.4 Å². The van der Waals surface area contributed by atoms with E-state index >= 15 is 0 Å². The van der Waals surface area contributed by atoms with Gasteiger partial charge in [-0.2, -0.15) is 0 Å². The lowest BCUT2D eigenvalue weighted by Crippen LogP contribution is -2.53. The molecule has 0 unspecified atom stereocenters. The number of hydrogen-bond acceptors (Lipinski definition) is 21. The number of Topliss-reactive ketones (excluding diaryl/α,β-unsaturated/α-hetero) is 6. The van der Waals surface area contributed by atoms with E-state index < -0.39 is 95.5 Å². The number of unbranched alkanes of at least 4 members (excludes halogenated alkanes) is 16. The topological polar surface area (TPSA) is 470 Å². The largest absolute Gasteiger partial charge is 0.508 e. The summed E-state index contributed by atoms with van der Waals surface area (Å²) >= 11 is 2.92. The fourth-order valence-electron chi connectivity index (χ4n) is 13.5. The number of carbonyl (C=O) groups excluding carboxylic acids is 10. The number of ketones is 6. The van der Waals surface area contributed by atoms with Gasteiger partial charge in [-0.1, -0.05) is 153 Å². The predicted molar refractivity (Wildman–Crippen MR) is 435 cm³/mol. The van der Waals surface area contributed by atoms with E-state index in [1.165, 1.54) is 93.8 Å². The fraction of sp³-hybridized carbons (Fsp3) is 0.687. The lowest BCUT2D eigenvalue weighted by Gasteiger charge is -2.32. The molecule has 1 aliphatic heterocycles. The van der Waals surface area contributed by atoms with Gasteiger partial charge >= 0.3 is 23.9 Å². The number of likely N-dealkylation sites (N-methyl/N-ethyl adjacent to an activating group) is 1. The van der Waals surface area contributed by atoms with Gasteiger partial charge in [0, 0.05) is 85.3 Å². The van der Waals surface area contributed by atoms with Crippen LogP contribution in [-0.2, 0) is 80.0 Å². The standard InChI is InChI=1S/C71H115N7O17S2.C12H17NO2/c1-50(79)59(43-67(89)90)78(3)46-63(84)71(2,44-51-26-19-18-20-27-51)39-38-60(81)52(28-25-40-72)32-35-61(82)57-47-96-49-97-48-58(62(83)45-75-57)77-68(91)55(73)30-23-24-41-74-64(85)37-34-56(70(94)95)76-65(86)36-33-53(69(92)93)42-54(80)29-21-16-14-12-10-8-6-4-5-7-9-11-13-15-17-22-31-66(87)88;1-2-3-10(12(13)15)8-9-4-6-11(14)7-5-9/h18-20,26-27,52-53,55-59,75H,4-17,21-25,28-49,72-73H2,1-3H3,(H,74,85)(H,76,86)(H,77,91)(H,87,88)(H,89,90)(H,92,93)(H,94,95);4-7,10,14H,2-3,8H2,1H3,(H2,13,15)/t52-,53-,55+,56+,57+,58+,59+,71+;10-/m10/s1. The molecule has 1 saturated heterocycles. The van der Waals surface area contributed by atoms with Crippen molar-refractivity contribution in [3.8, 4) is 5.75 Å². The molecular formula is C83H132N8O19S2. The predicted octanol–water partition coefficient (Wildman–Crippen LogP) is 10.0. The average Bonchev–Trinajstić information content (AvgIpc) is 0.822. The van der Waals surface area contributed by atoms with Crippen LogP contribution in [0.1, 0.15) is 257 Å². The van der Waals surface area contributed by atoms with E-state index in [-0.39, 0.29) is 155 Å². The maximum absolute atomic E-state index is 14.1. The third-order valence-corrected chi connectivity index (χ3v) is 23.1. The molecule has 0 aliphatic carbocycles. The summed E-state index contributed by atoms with van der Waals surface area (Å²) in [6, 6.07) is 11.2. The second kappa shape index (κ2) is 59.3. The minimum absolute atomic E-state index is 0.0279. The Balaban J connectivity index is 0.00000252. The summed E-state index contributed by atoms with van der Waals surface area (Å²) in [5, 5.41) is 58.2. The molecular weight excluding hydrogens is 1480 g/mol. The fourth-order valence-corrected chi connectivity index (χ4v) is 15.8. The van der Waals surface area contributed by atoms with E-state index in [2.05, 4.69) is 21.3 Å². The van der Waals surface area contributed by atoms with Crippen molar-refractivity contribution in [2.45, 2.75) is 289 Å². The molecule has 0 radical (unpaired) electrons. The van der Waals surface area contributed by atoms with E-state index in [1.54, 1.807) is 19.1 Å². The molecule has 1 aliphatic rings. The summed E-state index contributed by atoms with van der Waals surface area (Å²) in [6.45, 7) is 5.18. The van der Waals surface area contributed by atoms with Crippen molar-refractivity contribution in [2.75, 3.05) is 49.8 Å². The molecule has 0 aromatic heterocycles. The smallest absolute Gasteiger partial charge is 0.326 e. The molecule has 0 bridgehead atoms. The third kappa shape index (κ3) is 46.1. The highest BCUT2D eigenvalue weighted by Crippen LogP contribution is 2.33. The average molecular weight is 1610 g/mol. The van der Waals surface area contributed by atoms with Crippen LogP contribution >= 0.6 is 23.5 Å². The van der Waals surface area contributed by atoms with Gasteiger partial charge in [-0.05, 0) is 134 Å². The maximum Gasteiger partial charge on any atom is 0.326 e. The van der Waals surface area contributed by atoms with Crippen LogP contribution in [0.15, 0.2) is 54.6 Å². The molecule has 15 N–H and O–H groups in total. The van der Waals surface area contributed by atoms with E-state index in [0.29, 0.717) is 62.3 Å². The summed E-state index contributed by atoms with van der Waals surface area (Å²) in [5.41, 5.74) is 18.3. The SMILES string of the molecule is CC(=O)[C@H](CC(=O)O)N(C)CC(=O)[C@@](C)(CCC(=O)[C@H](CCCN)CCC(=O)[C@@H]1CSCSC[C@H](NC(=O)[C@@H](N)CCCCNC(=O)CC[C@H](NC(=O)CC[C@H](CC(=O)CCCCCCCCCCCCCCCCCCC(=O)O)C(=O)O)C(=O)O)C(=O)CN1)Cc1ccccc1.CCC[C@@H](Cc1ccc(O)cc1)C(N)=O. The van der Waals surface area contributed by atoms with Crippen molar-refractivity contribution in [2.24, 2.45) is 40.4 Å². The zero-order valence-corrected chi connectivity index (χ0v) is 68.5. The van der Waals surface area contributed by atoms with Crippen molar-refractivity contribution in [3.05, 3.63) is 65.7 Å². The number of carbonyl (C=O) groups is 14. The Morgan fingerprint density at radius 1 is 0.616 bits per heavy atom. The number of phenolic OH excluding ortho intramolecular Hbond substituents is 1. The number of hydrogen-bond donors (Lipinski definition) is 12. The van der Waals surface area contributed by atoms with E-state index in [0.717, 1.165) is 68.9 Å². The van der Waals surface area contributed by atoms with Crippen LogP contribution in [0, 0.1) is 23.2 Å². The Morgan fingerprint density at radius 3 is 1.75 bits per heavy atom. The van der Waals surface area contributed by atoms with Crippen LogP contribution in [0.3, 0.4) is 0 Å². The molecule has 27 nitrogen and oxygen atoms in total. The van der Waals surface area contributed by atoms with Crippen LogP contribution in [0.4, 0.5) is 0 Å². The van der Waals surface area contributed by atoms with Gasteiger partial charge in [0.05, 0.1) is 49.6 Å². The van der Waals surface area contributed by atoms with Crippen molar-refractivity contribution in [1.82, 2.24) is 26.2 Å². The Kier molecular flexibility index (Phi) is 53.3. The van der Waals surface area contributed by atoms with Crippen molar-refractivity contribution >= 4 is 106 Å². The molecule has 29 heteroatoms. The van der Waals surface area contributed by atoms with Crippen LogP contribution in [0.25, 0.3) is 0 Å². The quantitative estimate of drug-likeness (QED) is 0.0274.